The van der Waals surface area contributed by atoms with Gasteiger partial charge in [0.05, 0.1) is 5.02 Å². The summed E-state index contributed by atoms with van der Waals surface area (Å²) in [4.78, 5) is 0. The van der Waals surface area contributed by atoms with E-state index in [9.17, 15) is 5.11 Å². The van der Waals surface area contributed by atoms with E-state index in [1.54, 1.807) is 18.2 Å². The lowest BCUT2D eigenvalue weighted by Gasteiger charge is -2.18. The van der Waals surface area contributed by atoms with Gasteiger partial charge in [-0.05, 0) is 30.7 Å². The van der Waals surface area contributed by atoms with Gasteiger partial charge in [0.25, 0.3) is 0 Å². The maximum absolute atomic E-state index is 10.00. The second kappa shape index (κ2) is 8.39. The van der Waals surface area contributed by atoms with Gasteiger partial charge in [-0.15, -0.1) is 0 Å². The molecule has 0 saturated carbocycles. The fourth-order valence-electron chi connectivity index (χ4n) is 2.01. The van der Waals surface area contributed by atoms with Crippen LogP contribution in [0.3, 0.4) is 0 Å². The minimum absolute atomic E-state index is 0.162. The smallest absolute Gasteiger partial charge is 0.138 e. The van der Waals surface area contributed by atoms with E-state index in [4.69, 9.17) is 27.9 Å². The van der Waals surface area contributed by atoms with E-state index in [0.717, 1.165) is 0 Å². The standard InChI is InChI=1S/C17H19Cl2NO2/c1-12(13-5-3-2-4-6-13)20-10-15(21)11-22-17-8-7-14(18)9-16(17)19/h2-9,12,15,20-21H,10-11H2,1H3/t12-,15+/m0/s1. The lowest BCUT2D eigenvalue weighted by molar-refractivity contribution is 0.104. The fourth-order valence-corrected chi connectivity index (χ4v) is 2.47. The van der Waals surface area contributed by atoms with Gasteiger partial charge in [0.15, 0.2) is 0 Å². The number of aliphatic hydroxyl groups excluding tert-OH is 1. The molecule has 0 fully saturated rings. The molecule has 0 aliphatic rings. The van der Waals surface area contributed by atoms with Crippen molar-refractivity contribution in [3.63, 3.8) is 0 Å². The molecule has 2 N–H and O–H groups in total. The first-order valence-corrected chi connectivity index (χ1v) is 7.86. The molecule has 0 aliphatic heterocycles. The Morgan fingerprint density at radius 2 is 1.86 bits per heavy atom. The van der Waals surface area contributed by atoms with E-state index in [0.29, 0.717) is 22.3 Å². The van der Waals surface area contributed by atoms with Crippen molar-refractivity contribution in [3.05, 3.63) is 64.1 Å². The molecule has 0 bridgehead atoms. The second-order valence-corrected chi connectivity index (χ2v) is 5.92. The maximum Gasteiger partial charge on any atom is 0.138 e. The third-order valence-electron chi connectivity index (χ3n) is 3.28. The van der Waals surface area contributed by atoms with Crippen molar-refractivity contribution in [2.45, 2.75) is 19.1 Å². The molecule has 0 amide bonds. The Morgan fingerprint density at radius 3 is 2.55 bits per heavy atom. The Hall–Kier alpha value is -1.26. The number of rotatable bonds is 7. The molecule has 22 heavy (non-hydrogen) atoms. The number of hydrogen-bond acceptors (Lipinski definition) is 3. The highest BCUT2D eigenvalue weighted by atomic mass is 35.5. The molecule has 2 aromatic rings. The molecule has 2 atom stereocenters. The highest BCUT2D eigenvalue weighted by Crippen LogP contribution is 2.27. The molecule has 0 saturated heterocycles. The summed E-state index contributed by atoms with van der Waals surface area (Å²) in [5.41, 5.74) is 1.18. The monoisotopic (exact) mass is 339 g/mol. The third-order valence-corrected chi connectivity index (χ3v) is 3.81. The summed E-state index contributed by atoms with van der Waals surface area (Å²) in [6, 6.07) is 15.2. The van der Waals surface area contributed by atoms with Crippen molar-refractivity contribution < 1.29 is 9.84 Å². The highest BCUT2D eigenvalue weighted by molar-refractivity contribution is 6.35. The first-order chi connectivity index (χ1) is 10.6. The first-order valence-electron chi connectivity index (χ1n) is 7.10. The third kappa shape index (κ3) is 5.18. The molecular formula is C17H19Cl2NO2. The second-order valence-electron chi connectivity index (χ2n) is 5.08. The summed E-state index contributed by atoms with van der Waals surface area (Å²) >= 11 is 11.8. The quantitative estimate of drug-likeness (QED) is 0.798. The Bertz CT molecular complexity index is 592. The Morgan fingerprint density at radius 1 is 1.14 bits per heavy atom. The number of ether oxygens (including phenoxy) is 1. The summed E-state index contributed by atoms with van der Waals surface area (Å²) in [5, 5.41) is 14.3. The predicted molar refractivity (Wildman–Crippen MR) is 90.8 cm³/mol. The van der Waals surface area contributed by atoms with Crippen molar-refractivity contribution >= 4 is 23.2 Å². The lowest BCUT2D eigenvalue weighted by Crippen LogP contribution is -2.33. The average molecular weight is 340 g/mol. The SMILES string of the molecule is C[C@H](NC[C@@H](O)COc1ccc(Cl)cc1Cl)c1ccccc1. The van der Waals surface area contributed by atoms with Gasteiger partial charge in [0.2, 0.25) is 0 Å². The van der Waals surface area contributed by atoms with Crippen LogP contribution in [0, 0.1) is 0 Å². The molecule has 0 aromatic heterocycles. The molecule has 0 heterocycles. The minimum atomic E-state index is -0.627. The average Bonchev–Trinajstić information content (AvgIpc) is 2.52. The molecule has 2 rings (SSSR count). The van der Waals surface area contributed by atoms with Crippen molar-refractivity contribution in [1.29, 1.82) is 0 Å². The van der Waals surface area contributed by atoms with Gasteiger partial charge in [0, 0.05) is 17.6 Å². The van der Waals surface area contributed by atoms with Gasteiger partial charge in [-0.3, -0.25) is 0 Å². The molecule has 118 valence electrons. The van der Waals surface area contributed by atoms with E-state index in [1.807, 2.05) is 30.3 Å². The van der Waals surface area contributed by atoms with Crippen LogP contribution in [0.25, 0.3) is 0 Å². The molecule has 3 nitrogen and oxygen atoms in total. The Balaban J connectivity index is 1.77. The van der Waals surface area contributed by atoms with E-state index >= 15 is 0 Å². The fraction of sp³-hybridized carbons (Fsp3) is 0.294. The van der Waals surface area contributed by atoms with Gasteiger partial charge >= 0.3 is 0 Å². The zero-order valence-electron chi connectivity index (χ0n) is 12.3. The van der Waals surface area contributed by atoms with Gasteiger partial charge in [0.1, 0.15) is 18.5 Å². The van der Waals surface area contributed by atoms with Crippen LogP contribution >= 0.6 is 23.2 Å². The topological polar surface area (TPSA) is 41.5 Å². The normalized spacial score (nSPS) is 13.6. The van der Waals surface area contributed by atoms with Crippen LogP contribution in [0.15, 0.2) is 48.5 Å². The van der Waals surface area contributed by atoms with Crippen LogP contribution in [0.2, 0.25) is 10.0 Å². The zero-order valence-corrected chi connectivity index (χ0v) is 13.8. The molecule has 0 unspecified atom stereocenters. The summed E-state index contributed by atoms with van der Waals surface area (Å²) in [7, 11) is 0. The van der Waals surface area contributed by atoms with E-state index < -0.39 is 6.10 Å². The van der Waals surface area contributed by atoms with Gasteiger partial charge < -0.3 is 15.2 Å². The minimum Gasteiger partial charge on any atom is -0.489 e. The lowest BCUT2D eigenvalue weighted by atomic mass is 10.1. The molecule has 2 aromatic carbocycles. The molecular weight excluding hydrogens is 321 g/mol. The van der Waals surface area contributed by atoms with E-state index in [-0.39, 0.29) is 12.6 Å². The van der Waals surface area contributed by atoms with Crippen LogP contribution in [-0.2, 0) is 0 Å². The summed E-state index contributed by atoms with van der Waals surface area (Å²) in [5.74, 6) is 0.515. The number of hydrogen-bond donors (Lipinski definition) is 2. The number of halogens is 2. The van der Waals surface area contributed by atoms with E-state index in [2.05, 4.69) is 12.2 Å². The van der Waals surface area contributed by atoms with Crippen LogP contribution in [-0.4, -0.2) is 24.4 Å². The van der Waals surface area contributed by atoms with Crippen LogP contribution in [0.5, 0.6) is 5.75 Å². The van der Waals surface area contributed by atoms with Crippen molar-refractivity contribution in [2.24, 2.45) is 0 Å². The molecule has 0 radical (unpaired) electrons. The zero-order chi connectivity index (χ0) is 15.9. The largest absolute Gasteiger partial charge is 0.489 e. The molecule has 5 heteroatoms. The van der Waals surface area contributed by atoms with Gasteiger partial charge in [-0.25, -0.2) is 0 Å². The summed E-state index contributed by atoms with van der Waals surface area (Å²) in [6.07, 6.45) is -0.627. The van der Waals surface area contributed by atoms with Crippen molar-refractivity contribution in [3.8, 4) is 5.75 Å². The number of aliphatic hydroxyl groups is 1. The Labute approximate surface area is 140 Å². The Kier molecular flexibility index (Phi) is 6.52. The van der Waals surface area contributed by atoms with Gasteiger partial charge in [-0.2, -0.15) is 0 Å². The highest BCUT2D eigenvalue weighted by Gasteiger charge is 2.10. The van der Waals surface area contributed by atoms with E-state index in [1.165, 1.54) is 5.56 Å². The number of nitrogens with one attached hydrogen (secondary N) is 1. The van der Waals surface area contributed by atoms with Gasteiger partial charge in [-0.1, -0.05) is 53.5 Å². The molecule has 0 aliphatic carbocycles. The van der Waals surface area contributed by atoms with Crippen molar-refractivity contribution in [2.75, 3.05) is 13.2 Å². The van der Waals surface area contributed by atoms with Crippen LogP contribution < -0.4 is 10.1 Å². The predicted octanol–water partition coefficient (Wildman–Crippen LogP) is 4.08. The summed E-state index contributed by atoms with van der Waals surface area (Å²) in [6.45, 7) is 2.65. The first kappa shape index (κ1) is 17.1. The summed E-state index contributed by atoms with van der Waals surface area (Å²) < 4.78 is 5.51. The van der Waals surface area contributed by atoms with Crippen molar-refractivity contribution in [1.82, 2.24) is 5.32 Å². The maximum atomic E-state index is 10.00. The number of benzene rings is 2. The van der Waals surface area contributed by atoms with Crippen LogP contribution in [0.1, 0.15) is 18.5 Å². The molecule has 0 spiro atoms. The van der Waals surface area contributed by atoms with Crippen LogP contribution in [0.4, 0.5) is 0 Å².